The van der Waals surface area contributed by atoms with Gasteiger partial charge in [0.1, 0.15) is 5.82 Å². The summed E-state index contributed by atoms with van der Waals surface area (Å²) in [5.74, 6) is 1.60. The van der Waals surface area contributed by atoms with Crippen LogP contribution in [-0.4, -0.2) is 83.1 Å². The van der Waals surface area contributed by atoms with Gasteiger partial charge in [-0.2, -0.15) is 0 Å². The number of carbonyl (C=O) groups is 1. The van der Waals surface area contributed by atoms with Gasteiger partial charge in [0.15, 0.2) is 0 Å². The van der Waals surface area contributed by atoms with Crippen LogP contribution in [0.3, 0.4) is 0 Å². The van der Waals surface area contributed by atoms with E-state index in [-0.39, 0.29) is 0 Å². The molecule has 4 fully saturated rings. The summed E-state index contributed by atoms with van der Waals surface area (Å²) in [4.78, 5) is 29.3. The molecular weight excluding hydrogens is 490 g/mol. The number of aryl methyl sites for hydroxylation is 3. The highest BCUT2D eigenvalue weighted by atomic mass is 32.2. The number of thiazole rings is 1. The number of amides is 1. The molecule has 2 bridgehead atoms. The van der Waals surface area contributed by atoms with E-state index in [1.807, 2.05) is 49.4 Å². The van der Waals surface area contributed by atoms with Gasteiger partial charge in [0.2, 0.25) is 6.41 Å². The lowest BCUT2D eigenvalue weighted by atomic mass is 9.86. The number of fused-ring (bicyclic) bond motifs is 2. The van der Waals surface area contributed by atoms with Crippen molar-refractivity contribution >= 4 is 47.7 Å². The fourth-order valence-corrected chi connectivity index (χ4v) is 6.69. The van der Waals surface area contributed by atoms with E-state index in [0.717, 1.165) is 77.2 Å². The largest absolute Gasteiger partial charge is 0.361 e. The highest BCUT2D eigenvalue weighted by Gasteiger charge is 2.45. The Balaban J connectivity index is 0.000000178. The van der Waals surface area contributed by atoms with Crippen LogP contribution in [0.1, 0.15) is 40.4 Å². The zero-order valence-electron chi connectivity index (χ0n) is 21.4. The Hall–Kier alpha value is -2.27. The number of carbonyl (C=O) groups excluding carboxylic acids is 1. The van der Waals surface area contributed by atoms with Crippen LogP contribution < -0.4 is 10.6 Å². The Morgan fingerprint density at radius 2 is 2.00 bits per heavy atom. The van der Waals surface area contributed by atoms with E-state index >= 15 is 0 Å². The van der Waals surface area contributed by atoms with E-state index in [4.69, 9.17) is 0 Å². The van der Waals surface area contributed by atoms with Gasteiger partial charge in [-0.15, -0.1) is 23.1 Å². The van der Waals surface area contributed by atoms with E-state index < -0.39 is 0 Å². The van der Waals surface area contributed by atoms with Crippen LogP contribution in [0.25, 0.3) is 5.70 Å². The molecule has 6 rings (SSSR count). The quantitative estimate of drug-likeness (QED) is 0.233. The van der Waals surface area contributed by atoms with E-state index in [2.05, 4.69) is 37.2 Å². The molecule has 36 heavy (non-hydrogen) atoms. The van der Waals surface area contributed by atoms with Crippen molar-refractivity contribution in [3.05, 3.63) is 44.9 Å². The minimum atomic E-state index is 0.524. The summed E-state index contributed by atoms with van der Waals surface area (Å²) in [6, 6.07) is 5.83. The molecule has 4 aliphatic heterocycles. The molecule has 0 aliphatic carbocycles. The van der Waals surface area contributed by atoms with Crippen LogP contribution in [0.2, 0.25) is 0 Å². The average molecular weight is 528 g/mol. The molecule has 194 valence electrons. The highest BCUT2D eigenvalue weighted by Crippen LogP contribution is 2.33. The first-order valence-electron chi connectivity index (χ1n) is 12.6. The molecule has 0 saturated carbocycles. The van der Waals surface area contributed by atoms with Gasteiger partial charge in [-0.25, -0.2) is 9.97 Å². The third-order valence-electron chi connectivity index (χ3n) is 6.97. The van der Waals surface area contributed by atoms with Crippen molar-refractivity contribution in [2.75, 3.05) is 37.4 Å². The maximum Gasteiger partial charge on any atom is 0.210 e. The predicted octanol–water partition coefficient (Wildman–Crippen LogP) is 3.92. The van der Waals surface area contributed by atoms with Gasteiger partial charge in [-0.3, -0.25) is 14.7 Å². The van der Waals surface area contributed by atoms with Crippen LogP contribution >= 0.6 is 23.1 Å². The minimum absolute atomic E-state index is 0.524. The lowest BCUT2D eigenvalue weighted by Crippen LogP contribution is -2.69. The summed E-state index contributed by atoms with van der Waals surface area (Å²) in [5.41, 5.74) is 3.04. The number of piperidine rings is 2. The fourth-order valence-electron chi connectivity index (χ4n) is 5.05. The number of pyridine rings is 1. The second-order valence-electron chi connectivity index (χ2n) is 9.55. The van der Waals surface area contributed by atoms with Gasteiger partial charge in [0.05, 0.1) is 27.2 Å². The molecule has 0 spiro atoms. The summed E-state index contributed by atoms with van der Waals surface area (Å²) >= 11 is 3.27. The number of nitrogens with zero attached hydrogens (tertiary/aromatic N) is 5. The molecule has 4 aliphatic rings. The van der Waals surface area contributed by atoms with Crippen molar-refractivity contribution in [3.63, 3.8) is 0 Å². The lowest BCUT2D eigenvalue weighted by molar-refractivity contribution is -0.141. The van der Waals surface area contributed by atoms with Crippen LogP contribution in [0, 0.1) is 20.8 Å². The van der Waals surface area contributed by atoms with Crippen LogP contribution in [0.4, 0.5) is 5.82 Å². The third kappa shape index (κ3) is 6.73. The molecular formula is C26H37N7OS2. The molecule has 1 unspecified atom stereocenters. The zero-order valence-corrected chi connectivity index (χ0v) is 23.1. The van der Waals surface area contributed by atoms with Gasteiger partial charge in [-0.05, 0) is 76.9 Å². The third-order valence-corrected chi connectivity index (χ3v) is 8.77. The van der Waals surface area contributed by atoms with Crippen molar-refractivity contribution in [3.8, 4) is 0 Å². The molecule has 8 nitrogen and oxygen atoms in total. The first-order chi connectivity index (χ1) is 17.5. The van der Waals surface area contributed by atoms with Crippen LogP contribution in [0.15, 0.2) is 28.7 Å². The van der Waals surface area contributed by atoms with Crippen LogP contribution in [-0.2, 0) is 4.79 Å². The molecule has 4 saturated heterocycles. The van der Waals surface area contributed by atoms with Crippen molar-refractivity contribution in [1.82, 2.24) is 25.1 Å². The van der Waals surface area contributed by atoms with Crippen molar-refractivity contribution in [2.45, 2.75) is 58.2 Å². The Labute approximate surface area is 222 Å². The van der Waals surface area contributed by atoms with Crippen molar-refractivity contribution in [1.29, 1.82) is 0 Å². The summed E-state index contributed by atoms with van der Waals surface area (Å²) in [6.45, 7) is 14.2. The topological polar surface area (TPSA) is 85.8 Å². The summed E-state index contributed by atoms with van der Waals surface area (Å²) in [7, 11) is 0. The highest BCUT2D eigenvalue weighted by molar-refractivity contribution is 8.02. The number of piperazine rings is 1. The standard InChI is InChI=1S/C15H18N4S2.C11H19N3O/c1-10-5-6-14(17-7-10)18-9-20-8-13(16-4)15-11(2)19-12(3)21-15;15-8-14-10-5-11(14)7-13(6-10)9-1-3-12-4-2-9/h5-8H,4,9H2,1-3H3,(H,17,18);8-12H,1-7H2/b13-8-;/t;10-,11?/m.0/s1. The summed E-state index contributed by atoms with van der Waals surface area (Å²) in [6.07, 6.45) is 6.68. The van der Waals surface area contributed by atoms with Crippen molar-refractivity contribution < 1.29 is 4.79 Å². The van der Waals surface area contributed by atoms with Gasteiger partial charge >= 0.3 is 0 Å². The van der Waals surface area contributed by atoms with Gasteiger partial charge in [-0.1, -0.05) is 6.07 Å². The monoisotopic (exact) mass is 527 g/mol. The molecule has 10 heteroatoms. The SMILES string of the molecule is C=N/C(=C\SCNc1ccc(C)cn1)c1sc(C)nc1C.O=CN1C2C[C@H]1CN(C1CCNCC1)C2. The molecule has 2 atom stereocenters. The number of hydrogen-bond acceptors (Lipinski definition) is 9. The predicted molar refractivity (Wildman–Crippen MR) is 152 cm³/mol. The van der Waals surface area contributed by atoms with Crippen molar-refractivity contribution in [2.24, 2.45) is 4.99 Å². The number of anilines is 1. The molecule has 2 aromatic heterocycles. The van der Waals surface area contributed by atoms with Gasteiger partial charge < -0.3 is 15.5 Å². The zero-order chi connectivity index (χ0) is 25.5. The fraction of sp³-hybridized carbons (Fsp3) is 0.538. The van der Waals surface area contributed by atoms with Gasteiger partial charge in [0.25, 0.3) is 0 Å². The second-order valence-corrected chi connectivity index (χ2v) is 11.6. The maximum absolute atomic E-state index is 10.8. The minimum Gasteiger partial charge on any atom is -0.361 e. The second kappa shape index (κ2) is 12.8. The molecule has 2 aromatic rings. The number of rotatable bonds is 8. The smallest absolute Gasteiger partial charge is 0.210 e. The van der Waals surface area contributed by atoms with E-state index in [1.54, 1.807) is 23.1 Å². The number of hydrogen-bond donors (Lipinski definition) is 2. The van der Waals surface area contributed by atoms with E-state index in [1.165, 1.54) is 19.3 Å². The number of aliphatic imine (C=N–C) groups is 1. The van der Waals surface area contributed by atoms with Crippen LogP contribution in [0.5, 0.6) is 0 Å². The number of nitrogens with one attached hydrogen (secondary N) is 2. The molecule has 0 radical (unpaired) electrons. The summed E-state index contributed by atoms with van der Waals surface area (Å²) in [5, 5.41) is 9.71. The maximum atomic E-state index is 10.8. The lowest BCUT2D eigenvalue weighted by Gasteiger charge is -2.56. The Morgan fingerprint density at radius 1 is 1.25 bits per heavy atom. The van der Waals surface area contributed by atoms with E-state index in [9.17, 15) is 4.79 Å². The molecule has 0 aromatic carbocycles. The first-order valence-corrected chi connectivity index (χ1v) is 14.4. The Morgan fingerprint density at radius 3 is 2.58 bits per heavy atom. The molecule has 1 amide bonds. The Bertz CT molecular complexity index is 1040. The normalized spacial score (nSPS) is 22.3. The molecule has 2 N–H and O–H groups in total. The number of thioether (sulfide) groups is 1. The summed E-state index contributed by atoms with van der Waals surface area (Å²) < 4.78 is 0. The Kier molecular flexibility index (Phi) is 9.53. The average Bonchev–Trinajstić information content (AvgIpc) is 3.24. The molecule has 6 heterocycles. The van der Waals surface area contributed by atoms with Gasteiger partial charge in [0, 0.05) is 37.4 Å². The first kappa shape index (κ1) is 26.8. The number of aromatic nitrogens is 2. The van der Waals surface area contributed by atoms with E-state index in [0.29, 0.717) is 12.1 Å².